The Bertz CT molecular complexity index is 722. The van der Waals surface area contributed by atoms with Crippen molar-refractivity contribution >= 4 is 11.7 Å². The number of furan rings is 1. The van der Waals surface area contributed by atoms with Crippen LogP contribution in [-0.2, 0) is 0 Å². The van der Waals surface area contributed by atoms with Gasteiger partial charge in [0.15, 0.2) is 0 Å². The molecule has 7 heteroatoms. The smallest absolute Gasteiger partial charge is 0.254 e. The molecule has 0 aromatic carbocycles. The van der Waals surface area contributed by atoms with E-state index < -0.39 is 0 Å². The van der Waals surface area contributed by atoms with Gasteiger partial charge in [0.1, 0.15) is 24.2 Å². The second-order valence-electron chi connectivity index (χ2n) is 4.55. The molecule has 112 valence electrons. The van der Waals surface area contributed by atoms with Crippen molar-refractivity contribution < 1.29 is 9.21 Å². The van der Waals surface area contributed by atoms with Gasteiger partial charge in [-0.2, -0.15) is 0 Å². The normalized spacial score (nSPS) is 10.4. The zero-order valence-corrected chi connectivity index (χ0v) is 11.8. The number of anilines is 1. The van der Waals surface area contributed by atoms with Crippen LogP contribution in [0.15, 0.2) is 59.9 Å². The third-order valence-electron chi connectivity index (χ3n) is 3.02. The number of amides is 1. The van der Waals surface area contributed by atoms with Crippen LogP contribution in [0.2, 0.25) is 0 Å². The van der Waals surface area contributed by atoms with Crippen LogP contribution in [0.25, 0.3) is 5.82 Å². The highest BCUT2D eigenvalue weighted by atomic mass is 16.3. The van der Waals surface area contributed by atoms with Crippen molar-refractivity contribution in [2.24, 2.45) is 0 Å². The van der Waals surface area contributed by atoms with Crippen molar-refractivity contribution in [1.82, 2.24) is 19.9 Å². The minimum atomic E-state index is -0.161. The molecule has 0 aliphatic rings. The minimum absolute atomic E-state index is 0.161. The number of carbonyl (C=O) groups is 1. The number of nitrogens with one attached hydrogen (secondary N) is 2. The average Bonchev–Trinajstić information content (AvgIpc) is 3.24. The van der Waals surface area contributed by atoms with Gasteiger partial charge in [0, 0.05) is 31.5 Å². The van der Waals surface area contributed by atoms with E-state index in [2.05, 4.69) is 20.6 Å². The van der Waals surface area contributed by atoms with Crippen molar-refractivity contribution in [2.75, 3.05) is 18.4 Å². The lowest BCUT2D eigenvalue weighted by atomic mass is 10.3. The van der Waals surface area contributed by atoms with E-state index in [0.717, 1.165) is 5.82 Å². The molecule has 22 heavy (non-hydrogen) atoms. The van der Waals surface area contributed by atoms with Gasteiger partial charge in [0.05, 0.1) is 11.8 Å². The summed E-state index contributed by atoms with van der Waals surface area (Å²) >= 11 is 0. The van der Waals surface area contributed by atoms with Gasteiger partial charge in [0.25, 0.3) is 5.91 Å². The summed E-state index contributed by atoms with van der Waals surface area (Å²) < 4.78 is 6.76. The number of rotatable bonds is 6. The predicted molar refractivity (Wildman–Crippen MR) is 80.9 cm³/mol. The van der Waals surface area contributed by atoms with Crippen LogP contribution in [0.3, 0.4) is 0 Å². The fourth-order valence-electron chi connectivity index (χ4n) is 1.93. The fourth-order valence-corrected chi connectivity index (χ4v) is 1.93. The number of aromatic nitrogens is 3. The molecule has 0 aliphatic heterocycles. The van der Waals surface area contributed by atoms with E-state index in [1.807, 2.05) is 35.2 Å². The molecule has 3 aromatic rings. The molecule has 3 rings (SSSR count). The molecule has 0 spiro atoms. The summed E-state index contributed by atoms with van der Waals surface area (Å²) in [6.07, 6.45) is 8.21. The molecule has 0 aliphatic carbocycles. The van der Waals surface area contributed by atoms with Crippen LogP contribution in [0, 0.1) is 0 Å². The fraction of sp³-hybridized carbons (Fsp3) is 0.133. The van der Waals surface area contributed by atoms with E-state index >= 15 is 0 Å². The first kappa shape index (κ1) is 13.9. The largest absolute Gasteiger partial charge is 0.472 e. The Morgan fingerprint density at radius 2 is 2.09 bits per heavy atom. The molecule has 3 heterocycles. The Morgan fingerprint density at radius 3 is 2.86 bits per heavy atom. The van der Waals surface area contributed by atoms with Crippen molar-refractivity contribution in [3.05, 3.63) is 61.1 Å². The van der Waals surface area contributed by atoms with E-state index in [4.69, 9.17) is 4.42 Å². The molecule has 2 N–H and O–H groups in total. The maximum Gasteiger partial charge on any atom is 0.254 e. The lowest BCUT2D eigenvalue weighted by Gasteiger charge is -2.08. The van der Waals surface area contributed by atoms with Crippen LogP contribution in [0.1, 0.15) is 10.4 Å². The Labute approximate surface area is 127 Å². The molecule has 0 bridgehead atoms. The van der Waals surface area contributed by atoms with Crippen LogP contribution in [0.4, 0.5) is 5.82 Å². The summed E-state index contributed by atoms with van der Waals surface area (Å²) in [5.41, 5.74) is 0.511. The minimum Gasteiger partial charge on any atom is -0.472 e. The Hall–Kier alpha value is -3.09. The average molecular weight is 297 g/mol. The highest BCUT2D eigenvalue weighted by Gasteiger charge is 2.05. The van der Waals surface area contributed by atoms with Crippen LogP contribution < -0.4 is 10.6 Å². The summed E-state index contributed by atoms with van der Waals surface area (Å²) in [7, 11) is 0. The van der Waals surface area contributed by atoms with Gasteiger partial charge < -0.3 is 19.6 Å². The molecule has 3 aromatic heterocycles. The molecule has 0 saturated heterocycles. The number of hydrogen-bond donors (Lipinski definition) is 2. The van der Waals surface area contributed by atoms with E-state index in [1.54, 1.807) is 6.07 Å². The van der Waals surface area contributed by atoms with Gasteiger partial charge in [-0.15, -0.1) is 0 Å². The summed E-state index contributed by atoms with van der Waals surface area (Å²) in [6.45, 7) is 1.04. The monoisotopic (exact) mass is 297 g/mol. The standard InChI is InChI=1S/C15H15N5O2/c21-15(12-3-8-22-10-12)17-5-4-16-13-9-14(19-11-18-13)20-6-1-2-7-20/h1-3,6-11H,4-5H2,(H,17,21)(H,16,18,19). The molecular weight excluding hydrogens is 282 g/mol. The van der Waals surface area contributed by atoms with Gasteiger partial charge in [0.2, 0.25) is 0 Å². The van der Waals surface area contributed by atoms with E-state index in [-0.39, 0.29) is 5.91 Å². The number of nitrogens with zero attached hydrogens (tertiary/aromatic N) is 3. The van der Waals surface area contributed by atoms with Crippen LogP contribution in [0.5, 0.6) is 0 Å². The van der Waals surface area contributed by atoms with Crippen LogP contribution in [-0.4, -0.2) is 33.5 Å². The lowest BCUT2D eigenvalue weighted by Crippen LogP contribution is -2.28. The van der Waals surface area contributed by atoms with Gasteiger partial charge in [-0.3, -0.25) is 4.79 Å². The first-order valence-electron chi connectivity index (χ1n) is 6.82. The Balaban J connectivity index is 1.50. The Morgan fingerprint density at radius 1 is 1.23 bits per heavy atom. The molecule has 0 saturated carbocycles. The molecule has 7 nitrogen and oxygen atoms in total. The second-order valence-corrected chi connectivity index (χ2v) is 4.55. The predicted octanol–water partition coefficient (Wildman–Crippen LogP) is 1.70. The highest BCUT2D eigenvalue weighted by Crippen LogP contribution is 2.08. The van der Waals surface area contributed by atoms with E-state index in [9.17, 15) is 4.79 Å². The van der Waals surface area contributed by atoms with Crippen molar-refractivity contribution in [3.8, 4) is 5.82 Å². The molecule has 1 amide bonds. The van der Waals surface area contributed by atoms with Gasteiger partial charge >= 0.3 is 0 Å². The zero-order chi connectivity index (χ0) is 15.2. The van der Waals surface area contributed by atoms with E-state index in [0.29, 0.717) is 24.5 Å². The van der Waals surface area contributed by atoms with E-state index in [1.165, 1.54) is 18.9 Å². The topological polar surface area (TPSA) is 85.0 Å². The SMILES string of the molecule is O=C(NCCNc1cc(-n2cccc2)ncn1)c1ccoc1. The third kappa shape index (κ3) is 3.32. The second kappa shape index (κ2) is 6.57. The van der Waals surface area contributed by atoms with Crippen molar-refractivity contribution in [1.29, 1.82) is 0 Å². The van der Waals surface area contributed by atoms with Gasteiger partial charge in [-0.1, -0.05) is 0 Å². The van der Waals surface area contributed by atoms with Gasteiger partial charge in [-0.05, 0) is 18.2 Å². The molecule has 0 unspecified atom stereocenters. The number of hydrogen-bond acceptors (Lipinski definition) is 5. The van der Waals surface area contributed by atoms with Crippen LogP contribution >= 0.6 is 0 Å². The maximum atomic E-state index is 11.7. The first-order valence-corrected chi connectivity index (χ1v) is 6.82. The first-order chi connectivity index (χ1) is 10.8. The maximum absolute atomic E-state index is 11.7. The van der Waals surface area contributed by atoms with Crippen molar-refractivity contribution in [3.63, 3.8) is 0 Å². The van der Waals surface area contributed by atoms with Crippen molar-refractivity contribution in [2.45, 2.75) is 0 Å². The lowest BCUT2D eigenvalue weighted by molar-refractivity contribution is 0.0954. The molecule has 0 radical (unpaired) electrons. The Kier molecular flexibility index (Phi) is 4.15. The molecule has 0 fully saturated rings. The highest BCUT2D eigenvalue weighted by molar-refractivity contribution is 5.93. The summed E-state index contributed by atoms with van der Waals surface area (Å²) in [5.74, 6) is 1.33. The summed E-state index contributed by atoms with van der Waals surface area (Å²) in [6, 6.07) is 7.33. The molecular formula is C15H15N5O2. The quantitative estimate of drug-likeness (QED) is 0.676. The van der Waals surface area contributed by atoms with Gasteiger partial charge in [-0.25, -0.2) is 9.97 Å². The molecule has 0 atom stereocenters. The number of carbonyl (C=O) groups excluding carboxylic acids is 1. The summed E-state index contributed by atoms with van der Waals surface area (Å²) in [5, 5.41) is 5.93. The summed E-state index contributed by atoms with van der Waals surface area (Å²) in [4.78, 5) is 20.1. The zero-order valence-electron chi connectivity index (χ0n) is 11.8. The third-order valence-corrected chi connectivity index (χ3v) is 3.02.